The van der Waals surface area contributed by atoms with E-state index in [1.807, 2.05) is 18.3 Å². The third-order valence-electron chi connectivity index (χ3n) is 4.86. The Labute approximate surface area is 146 Å². The maximum absolute atomic E-state index is 11.2. The number of carbonyl (C=O) groups excluding carboxylic acids is 1. The van der Waals surface area contributed by atoms with E-state index in [0.717, 1.165) is 43.6 Å². The molecule has 0 radical (unpaired) electrons. The average Bonchev–Trinajstić information content (AvgIpc) is 2.96. The Kier molecular flexibility index (Phi) is 3.89. The lowest BCUT2D eigenvalue weighted by Crippen LogP contribution is -2.44. The zero-order valence-corrected chi connectivity index (χ0v) is 14.2. The number of piperazine rings is 1. The number of likely N-dealkylation sites (N-methyl/N-ethyl adjacent to an activating group) is 1. The zero-order valence-electron chi connectivity index (χ0n) is 14.2. The number of benzene rings is 1. The Morgan fingerprint density at radius 2 is 1.68 bits per heavy atom. The van der Waals surface area contributed by atoms with Gasteiger partial charge in [-0.1, -0.05) is 12.1 Å². The fourth-order valence-electron chi connectivity index (χ4n) is 3.30. The summed E-state index contributed by atoms with van der Waals surface area (Å²) in [7, 11) is 2.16. The molecule has 6 heteroatoms. The van der Waals surface area contributed by atoms with E-state index in [2.05, 4.69) is 46.1 Å². The van der Waals surface area contributed by atoms with E-state index in [4.69, 9.17) is 5.73 Å². The quantitative estimate of drug-likeness (QED) is 0.743. The fourth-order valence-corrected chi connectivity index (χ4v) is 3.30. The molecule has 1 saturated heterocycles. The Hall–Kier alpha value is -2.86. The van der Waals surface area contributed by atoms with Crippen molar-refractivity contribution < 1.29 is 4.79 Å². The van der Waals surface area contributed by atoms with Crippen LogP contribution in [-0.2, 0) is 0 Å². The summed E-state index contributed by atoms with van der Waals surface area (Å²) in [6.07, 6.45) is 2.66. The van der Waals surface area contributed by atoms with Crippen LogP contribution in [0, 0.1) is 0 Å². The van der Waals surface area contributed by atoms with Crippen molar-refractivity contribution in [2.45, 2.75) is 0 Å². The van der Waals surface area contributed by atoms with Gasteiger partial charge >= 0.3 is 0 Å². The van der Waals surface area contributed by atoms with Gasteiger partial charge < -0.3 is 15.5 Å². The molecule has 0 atom stereocenters. The normalized spacial score (nSPS) is 15.6. The van der Waals surface area contributed by atoms with Gasteiger partial charge in [0.15, 0.2) is 12.1 Å². The molecule has 1 aliphatic rings. The number of nitrogen functional groups attached to an aromatic ring is 1. The lowest BCUT2D eigenvalue weighted by atomic mass is 10.1. The molecule has 6 nitrogen and oxygen atoms in total. The van der Waals surface area contributed by atoms with E-state index in [1.54, 1.807) is 4.40 Å². The van der Waals surface area contributed by atoms with Crippen molar-refractivity contribution >= 4 is 23.4 Å². The molecule has 1 aromatic carbocycles. The number of carbonyl (C=O) groups is 1. The van der Waals surface area contributed by atoms with Gasteiger partial charge in [0.2, 0.25) is 0 Å². The molecule has 2 aromatic heterocycles. The van der Waals surface area contributed by atoms with Crippen molar-refractivity contribution in [1.29, 1.82) is 0 Å². The van der Waals surface area contributed by atoms with Crippen molar-refractivity contribution in [1.82, 2.24) is 14.3 Å². The number of anilines is 2. The predicted octanol–water partition coefficient (Wildman–Crippen LogP) is 2.15. The second-order valence-corrected chi connectivity index (χ2v) is 6.48. The minimum absolute atomic E-state index is 0.262. The summed E-state index contributed by atoms with van der Waals surface area (Å²) in [6, 6.07) is 12.4. The number of nitrogens with two attached hydrogens (primary N) is 1. The molecule has 1 fully saturated rings. The standard InChI is InChI=1S/C19H21N5O/c1-22-8-10-23(11-9-22)16-5-2-14(3-6-16)15-4-7-18-21-19(20)17(13-25)24(18)12-15/h2-7,12-13H,8-11,20H2,1H3. The summed E-state index contributed by atoms with van der Waals surface area (Å²) >= 11 is 0. The van der Waals surface area contributed by atoms with E-state index >= 15 is 0 Å². The van der Waals surface area contributed by atoms with Gasteiger partial charge in [0, 0.05) is 38.1 Å². The molecular formula is C19H21N5O. The first-order chi connectivity index (χ1) is 12.2. The Morgan fingerprint density at radius 3 is 2.36 bits per heavy atom. The van der Waals surface area contributed by atoms with E-state index < -0.39 is 0 Å². The van der Waals surface area contributed by atoms with Gasteiger partial charge in [-0.3, -0.25) is 9.20 Å². The van der Waals surface area contributed by atoms with Crippen LogP contribution in [0.15, 0.2) is 42.6 Å². The third-order valence-corrected chi connectivity index (χ3v) is 4.86. The maximum atomic E-state index is 11.2. The second-order valence-electron chi connectivity index (χ2n) is 6.48. The first-order valence-corrected chi connectivity index (χ1v) is 8.42. The van der Waals surface area contributed by atoms with Crippen LogP contribution in [0.3, 0.4) is 0 Å². The maximum Gasteiger partial charge on any atom is 0.170 e. The molecule has 0 spiro atoms. The molecule has 25 heavy (non-hydrogen) atoms. The minimum Gasteiger partial charge on any atom is -0.382 e. The van der Waals surface area contributed by atoms with Crippen molar-refractivity contribution in [2.24, 2.45) is 0 Å². The first-order valence-electron chi connectivity index (χ1n) is 8.42. The summed E-state index contributed by atoms with van der Waals surface area (Å²) in [5.41, 5.74) is 10.2. The number of aromatic nitrogens is 2. The summed E-state index contributed by atoms with van der Waals surface area (Å²) < 4.78 is 1.74. The largest absolute Gasteiger partial charge is 0.382 e. The second kappa shape index (κ2) is 6.22. The number of nitrogens with zero attached hydrogens (tertiary/aromatic N) is 4. The number of rotatable bonds is 3. The topological polar surface area (TPSA) is 66.9 Å². The lowest BCUT2D eigenvalue weighted by molar-refractivity contribution is 0.111. The Morgan fingerprint density at radius 1 is 1.00 bits per heavy atom. The molecule has 3 heterocycles. The van der Waals surface area contributed by atoms with Crippen LogP contribution in [0.4, 0.5) is 11.5 Å². The van der Waals surface area contributed by atoms with Crippen LogP contribution in [0.25, 0.3) is 16.8 Å². The molecular weight excluding hydrogens is 314 g/mol. The lowest BCUT2D eigenvalue weighted by Gasteiger charge is -2.34. The predicted molar refractivity (Wildman–Crippen MR) is 100 cm³/mol. The highest BCUT2D eigenvalue weighted by Crippen LogP contribution is 2.25. The van der Waals surface area contributed by atoms with Crippen molar-refractivity contribution in [3.63, 3.8) is 0 Å². The van der Waals surface area contributed by atoms with Crippen molar-refractivity contribution in [3.05, 3.63) is 48.3 Å². The van der Waals surface area contributed by atoms with E-state index in [9.17, 15) is 4.79 Å². The van der Waals surface area contributed by atoms with E-state index in [-0.39, 0.29) is 5.82 Å². The van der Waals surface area contributed by atoms with Gasteiger partial charge in [-0.05, 0) is 42.4 Å². The molecule has 0 bridgehead atoms. The van der Waals surface area contributed by atoms with Crippen LogP contribution < -0.4 is 10.6 Å². The minimum atomic E-state index is 0.262. The summed E-state index contributed by atoms with van der Waals surface area (Å²) in [5, 5.41) is 0. The molecule has 128 valence electrons. The molecule has 0 unspecified atom stereocenters. The monoisotopic (exact) mass is 335 g/mol. The van der Waals surface area contributed by atoms with Crippen LogP contribution >= 0.6 is 0 Å². The molecule has 0 aliphatic carbocycles. The molecule has 0 saturated carbocycles. The summed E-state index contributed by atoms with van der Waals surface area (Å²) in [4.78, 5) is 20.2. The molecule has 0 amide bonds. The van der Waals surface area contributed by atoms with Crippen LogP contribution in [-0.4, -0.2) is 53.8 Å². The average molecular weight is 335 g/mol. The third kappa shape index (κ3) is 2.85. The van der Waals surface area contributed by atoms with Crippen LogP contribution in [0.2, 0.25) is 0 Å². The summed E-state index contributed by atoms with van der Waals surface area (Å²) in [6.45, 7) is 4.29. The van der Waals surface area contributed by atoms with Gasteiger partial charge in [0.1, 0.15) is 11.3 Å². The zero-order chi connectivity index (χ0) is 17.4. The summed E-state index contributed by atoms with van der Waals surface area (Å²) in [5.74, 6) is 0.262. The van der Waals surface area contributed by atoms with Crippen LogP contribution in [0.5, 0.6) is 0 Å². The van der Waals surface area contributed by atoms with Gasteiger partial charge in [0.05, 0.1) is 0 Å². The number of pyridine rings is 1. The fraction of sp³-hybridized carbons (Fsp3) is 0.263. The number of hydrogen-bond acceptors (Lipinski definition) is 5. The highest BCUT2D eigenvalue weighted by atomic mass is 16.1. The number of hydrogen-bond donors (Lipinski definition) is 1. The highest BCUT2D eigenvalue weighted by molar-refractivity contribution is 5.82. The number of aldehydes is 1. The number of imidazole rings is 1. The first kappa shape index (κ1) is 15.7. The van der Waals surface area contributed by atoms with Gasteiger partial charge in [-0.15, -0.1) is 0 Å². The van der Waals surface area contributed by atoms with E-state index in [0.29, 0.717) is 11.3 Å². The molecule has 4 rings (SSSR count). The highest BCUT2D eigenvalue weighted by Gasteiger charge is 2.14. The number of fused-ring (bicyclic) bond motifs is 1. The van der Waals surface area contributed by atoms with E-state index in [1.165, 1.54) is 5.69 Å². The van der Waals surface area contributed by atoms with Crippen LogP contribution in [0.1, 0.15) is 10.5 Å². The van der Waals surface area contributed by atoms with Gasteiger partial charge in [-0.25, -0.2) is 4.98 Å². The Balaban J connectivity index is 1.63. The van der Waals surface area contributed by atoms with Gasteiger partial charge in [-0.2, -0.15) is 0 Å². The van der Waals surface area contributed by atoms with Crippen molar-refractivity contribution in [2.75, 3.05) is 43.9 Å². The molecule has 3 aromatic rings. The smallest absolute Gasteiger partial charge is 0.170 e. The van der Waals surface area contributed by atoms with Crippen molar-refractivity contribution in [3.8, 4) is 11.1 Å². The Bertz CT molecular complexity index is 907. The molecule has 1 aliphatic heterocycles. The SMILES string of the molecule is CN1CCN(c2ccc(-c3ccc4nc(N)c(C=O)n4c3)cc2)CC1. The van der Waals surface area contributed by atoms with Gasteiger partial charge in [0.25, 0.3) is 0 Å². The molecule has 2 N–H and O–H groups in total.